The number of fused-ring (bicyclic) bond motifs is 1. The van der Waals surface area contributed by atoms with E-state index >= 15 is 0 Å². The lowest BCUT2D eigenvalue weighted by atomic mass is 10.1. The summed E-state index contributed by atoms with van der Waals surface area (Å²) in [6, 6.07) is 19.3. The maximum Gasteiger partial charge on any atom is 0.255 e. The van der Waals surface area contributed by atoms with E-state index < -0.39 is 0 Å². The minimum atomic E-state index is -0.125. The summed E-state index contributed by atoms with van der Waals surface area (Å²) in [5, 5.41) is 2.94. The molecule has 4 aromatic rings. The van der Waals surface area contributed by atoms with Gasteiger partial charge in [-0.05, 0) is 71.1 Å². The molecule has 0 atom stereocenters. The summed E-state index contributed by atoms with van der Waals surface area (Å²) in [7, 11) is 3.95. The van der Waals surface area contributed by atoms with Gasteiger partial charge in [0, 0.05) is 52.6 Å². The predicted molar refractivity (Wildman–Crippen MR) is 122 cm³/mol. The SMILES string of the molecule is CN(C)c1ccc(C(=O)Nc2ccc(-c3cn4cc(I)ccc4n3)cc2)cc1. The molecule has 0 spiro atoms. The molecule has 0 aliphatic carbocycles. The molecule has 1 N–H and O–H groups in total. The quantitative estimate of drug-likeness (QED) is 0.420. The van der Waals surface area contributed by atoms with E-state index in [0.29, 0.717) is 5.56 Å². The van der Waals surface area contributed by atoms with E-state index in [-0.39, 0.29) is 5.91 Å². The van der Waals surface area contributed by atoms with Gasteiger partial charge in [0.25, 0.3) is 5.91 Å². The second-order valence-corrected chi connectivity index (χ2v) is 7.96. The second kappa shape index (κ2) is 7.63. The van der Waals surface area contributed by atoms with Crippen LogP contribution in [0.4, 0.5) is 11.4 Å². The maximum atomic E-state index is 12.5. The average molecular weight is 482 g/mol. The van der Waals surface area contributed by atoms with Crippen LogP contribution in [0.1, 0.15) is 10.4 Å². The first-order valence-corrected chi connectivity index (χ1v) is 9.91. The van der Waals surface area contributed by atoms with Gasteiger partial charge in [-0.25, -0.2) is 4.98 Å². The minimum Gasteiger partial charge on any atom is -0.378 e. The van der Waals surface area contributed by atoms with Gasteiger partial charge >= 0.3 is 0 Å². The van der Waals surface area contributed by atoms with Crippen LogP contribution in [0.15, 0.2) is 73.1 Å². The third kappa shape index (κ3) is 3.87. The number of pyridine rings is 1. The Hall–Kier alpha value is -2.87. The fraction of sp³-hybridized carbons (Fsp3) is 0.0909. The molecule has 2 aromatic heterocycles. The molecule has 5 nitrogen and oxygen atoms in total. The average Bonchev–Trinajstić information content (AvgIpc) is 3.11. The standard InChI is InChI=1S/C22H19IN4O/c1-26(2)19-10-5-16(6-11-19)22(28)24-18-8-3-15(4-9-18)20-14-27-13-17(23)7-12-21(27)25-20/h3-14H,1-2H3,(H,24,28). The highest BCUT2D eigenvalue weighted by molar-refractivity contribution is 14.1. The first-order valence-electron chi connectivity index (χ1n) is 8.83. The number of benzene rings is 2. The number of nitrogens with zero attached hydrogens (tertiary/aromatic N) is 3. The van der Waals surface area contributed by atoms with Crippen LogP contribution in [0, 0.1) is 3.57 Å². The normalized spacial score (nSPS) is 10.8. The first kappa shape index (κ1) is 18.5. The molecule has 4 rings (SSSR count). The number of aromatic nitrogens is 2. The molecule has 0 fully saturated rings. The molecule has 0 aliphatic rings. The Kier molecular flexibility index (Phi) is 5.04. The van der Waals surface area contributed by atoms with Crippen molar-refractivity contribution in [2.24, 2.45) is 0 Å². The minimum absolute atomic E-state index is 0.125. The molecule has 0 unspecified atom stereocenters. The molecular weight excluding hydrogens is 463 g/mol. The molecule has 2 aromatic carbocycles. The lowest BCUT2D eigenvalue weighted by Gasteiger charge is -2.12. The van der Waals surface area contributed by atoms with E-state index in [2.05, 4.69) is 32.9 Å². The zero-order chi connectivity index (χ0) is 19.7. The van der Waals surface area contributed by atoms with Crippen molar-refractivity contribution in [3.63, 3.8) is 0 Å². The van der Waals surface area contributed by atoms with Gasteiger partial charge in [0.1, 0.15) is 5.65 Å². The molecule has 0 saturated heterocycles. The smallest absolute Gasteiger partial charge is 0.255 e. The van der Waals surface area contributed by atoms with Gasteiger partial charge in [-0.3, -0.25) is 4.79 Å². The number of nitrogens with one attached hydrogen (secondary N) is 1. The Morgan fingerprint density at radius 1 is 0.964 bits per heavy atom. The van der Waals surface area contributed by atoms with Crippen molar-refractivity contribution in [1.82, 2.24) is 9.38 Å². The highest BCUT2D eigenvalue weighted by Crippen LogP contribution is 2.22. The number of halogens is 1. The Labute approximate surface area is 177 Å². The second-order valence-electron chi connectivity index (χ2n) is 6.71. The van der Waals surface area contributed by atoms with Crippen molar-refractivity contribution < 1.29 is 4.79 Å². The van der Waals surface area contributed by atoms with E-state index in [1.165, 1.54) is 0 Å². The lowest BCUT2D eigenvalue weighted by Crippen LogP contribution is -2.13. The summed E-state index contributed by atoms with van der Waals surface area (Å²) in [5.74, 6) is -0.125. The summed E-state index contributed by atoms with van der Waals surface area (Å²) >= 11 is 2.29. The number of hydrogen-bond donors (Lipinski definition) is 1. The van der Waals surface area contributed by atoms with Crippen molar-refractivity contribution >= 4 is 45.5 Å². The highest BCUT2D eigenvalue weighted by Gasteiger charge is 2.08. The van der Waals surface area contributed by atoms with Crippen molar-refractivity contribution in [2.75, 3.05) is 24.3 Å². The van der Waals surface area contributed by atoms with Crippen LogP contribution >= 0.6 is 22.6 Å². The summed E-state index contributed by atoms with van der Waals surface area (Å²) in [6.07, 6.45) is 4.06. The molecular formula is C22H19IN4O. The van der Waals surface area contributed by atoms with Crippen LogP contribution < -0.4 is 10.2 Å². The molecule has 0 bridgehead atoms. The summed E-state index contributed by atoms with van der Waals surface area (Å²) in [5.41, 5.74) is 5.26. The molecule has 140 valence electrons. The fourth-order valence-corrected chi connectivity index (χ4v) is 3.42. The zero-order valence-electron chi connectivity index (χ0n) is 15.6. The van der Waals surface area contributed by atoms with Gasteiger partial charge in [-0.1, -0.05) is 12.1 Å². The number of rotatable bonds is 4. The molecule has 0 saturated carbocycles. The van der Waals surface area contributed by atoms with Gasteiger partial charge in [0.05, 0.1) is 5.69 Å². The van der Waals surface area contributed by atoms with Crippen LogP contribution in [0.25, 0.3) is 16.9 Å². The Bertz CT molecular complexity index is 1130. The number of carbonyl (C=O) groups is 1. The third-order valence-electron chi connectivity index (χ3n) is 4.50. The zero-order valence-corrected chi connectivity index (χ0v) is 17.7. The van der Waals surface area contributed by atoms with E-state index in [0.717, 1.165) is 31.8 Å². The highest BCUT2D eigenvalue weighted by atomic mass is 127. The third-order valence-corrected chi connectivity index (χ3v) is 5.14. The summed E-state index contributed by atoms with van der Waals surface area (Å²) < 4.78 is 3.18. The van der Waals surface area contributed by atoms with Crippen molar-refractivity contribution in [1.29, 1.82) is 0 Å². The molecule has 1 amide bonds. The van der Waals surface area contributed by atoms with E-state index in [1.807, 2.05) is 96.5 Å². The van der Waals surface area contributed by atoms with Crippen molar-refractivity contribution in [3.8, 4) is 11.3 Å². The molecule has 6 heteroatoms. The van der Waals surface area contributed by atoms with Gasteiger partial charge in [-0.2, -0.15) is 0 Å². The fourth-order valence-electron chi connectivity index (χ4n) is 2.94. The van der Waals surface area contributed by atoms with E-state index in [1.54, 1.807) is 0 Å². The molecule has 28 heavy (non-hydrogen) atoms. The van der Waals surface area contributed by atoms with Gasteiger partial charge in [0.15, 0.2) is 0 Å². The van der Waals surface area contributed by atoms with Crippen LogP contribution in [0.3, 0.4) is 0 Å². The molecule has 0 aliphatic heterocycles. The van der Waals surface area contributed by atoms with Crippen molar-refractivity contribution in [3.05, 3.63) is 82.2 Å². The Balaban J connectivity index is 1.50. The number of amides is 1. The van der Waals surface area contributed by atoms with E-state index in [4.69, 9.17) is 0 Å². The molecule has 0 radical (unpaired) electrons. The summed E-state index contributed by atoms with van der Waals surface area (Å²) in [6.45, 7) is 0. The maximum absolute atomic E-state index is 12.5. The number of anilines is 2. The Morgan fingerprint density at radius 2 is 1.68 bits per heavy atom. The largest absolute Gasteiger partial charge is 0.378 e. The molecule has 2 heterocycles. The Morgan fingerprint density at radius 3 is 2.36 bits per heavy atom. The van der Waals surface area contributed by atoms with Gasteiger partial charge in [0.2, 0.25) is 0 Å². The lowest BCUT2D eigenvalue weighted by molar-refractivity contribution is 0.102. The number of imidazole rings is 1. The van der Waals surface area contributed by atoms with E-state index in [9.17, 15) is 4.79 Å². The van der Waals surface area contributed by atoms with Crippen LogP contribution in [0.2, 0.25) is 0 Å². The number of hydrogen-bond acceptors (Lipinski definition) is 3. The number of carbonyl (C=O) groups excluding carboxylic acids is 1. The van der Waals surface area contributed by atoms with Crippen LogP contribution in [-0.2, 0) is 0 Å². The van der Waals surface area contributed by atoms with Crippen LogP contribution in [-0.4, -0.2) is 29.4 Å². The first-order chi connectivity index (χ1) is 13.5. The predicted octanol–water partition coefficient (Wildman–Crippen LogP) is 4.92. The van der Waals surface area contributed by atoms with Gasteiger partial charge < -0.3 is 14.6 Å². The monoisotopic (exact) mass is 482 g/mol. The topological polar surface area (TPSA) is 49.6 Å². The summed E-state index contributed by atoms with van der Waals surface area (Å²) in [4.78, 5) is 19.1. The van der Waals surface area contributed by atoms with Gasteiger partial charge in [-0.15, -0.1) is 0 Å². The van der Waals surface area contributed by atoms with Crippen LogP contribution in [0.5, 0.6) is 0 Å². The van der Waals surface area contributed by atoms with Crippen molar-refractivity contribution in [2.45, 2.75) is 0 Å².